The summed E-state index contributed by atoms with van der Waals surface area (Å²) in [6.07, 6.45) is 3.04. The Morgan fingerprint density at radius 1 is 1.45 bits per heavy atom. The zero-order chi connectivity index (χ0) is 14.1. The standard InChI is InChI=1S/C14H13N3O3/c1-8-11-6-10(7-15-14(11)20-17-8)13(18)16-9(2)12-4-3-5-19-12/h3-7,9H,1-2H3,(H,16,18)/t9-/m0/s1. The third-order valence-electron chi connectivity index (χ3n) is 3.09. The van der Waals surface area contributed by atoms with Crippen molar-refractivity contribution in [3.8, 4) is 0 Å². The van der Waals surface area contributed by atoms with Crippen molar-refractivity contribution in [3.05, 3.63) is 47.7 Å². The molecule has 0 unspecified atom stereocenters. The number of hydrogen-bond acceptors (Lipinski definition) is 5. The van der Waals surface area contributed by atoms with Crippen LogP contribution in [0.3, 0.4) is 0 Å². The molecule has 0 aliphatic carbocycles. The second kappa shape index (κ2) is 4.80. The number of carbonyl (C=O) groups excluding carboxylic acids is 1. The minimum absolute atomic E-state index is 0.211. The topological polar surface area (TPSA) is 81.2 Å². The molecule has 0 radical (unpaired) electrons. The fourth-order valence-corrected chi connectivity index (χ4v) is 1.96. The maximum atomic E-state index is 12.2. The summed E-state index contributed by atoms with van der Waals surface area (Å²) >= 11 is 0. The Kier molecular flexibility index (Phi) is 2.98. The summed E-state index contributed by atoms with van der Waals surface area (Å²) in [7, 11) is 0. The molecule has 6 nitrogen and oxygen atoms in total. The summed E-state index contributed by atoms with van der Waals surface area (Å²) in [4.78, 5) is 16.3. The van der Waals surface area contributed by atoms with E-state index in [1.807, 2.05) is 13.0 Å². The van der Waals surface area contributed by atoms with E-state index in [-0.39, 0.29) is 11.9 Å². The van der Waals surface area contributed by atoms with Crippen molar-refractivity contribution >= 4 is 17.0 Å². The minimum Gasteiger partial charge on any atom is -0.467 e. The van der Waals surface area contributed by atoms with Crippen LogP contribution in [0, 0.1) is 6.92 Å². The van der Waals surface area contributed by atoms with Gasteiger partial charge in [-0.25, -0.2) is 4.98 Å². The fourth-order valence-electron chi connectivity index (χ4n) is 1.96. The molecule has 102 valence electrons. The lowest BCUT2D eigenvalue weighted by molar-refractivity contribution is 0.0935. The summed E-state index contributed by atoms with van der Waals surface area (Å²) in [6.45, 7) is 3.66. The van der Waals surface area contributed by atoms with Gasteiger partial charge in [-0.1, -0.05) is 5.16 Å². The van der Waals surface area contributed by atoms with Crippen LogP contribution in [-0.2, 0) is 0 Å². The molecule has 0 aliphatic rings. The van der Waals surface area contributed by atoms with E-state index in [1.54, 1.807) is 25.3 Å². The average molecular weight is 271 g/mol. The summed E-state index contributed by atoms with van der Waals surface area (Å²) in [5.74, 6) is 0.484. The van der Waals surface area contributed by atoms with E-state index in [2.05, 4.69) is 15.5 Å². The molecule has 0 spiro atoms. The van der Waals surface area contributed by atoms with Gasteiger partial charge < -0.3 is 14.3 Å². The number of nitrogens with zero attached hydrogens (tertiary/aromatic N) is 2. The lowest BCUT2D eigenvalue weighted by Gasteiger charge is -2.11. The monoisotopic (exact) mass is 271 g/mol. The van der Waals surface area contributed by atoms with Crippen molar-refractivity contribution in [2.75, 3.05) is 0 Å². The maximum absolute atomic E-state index is 12.2. The number of hydrogen-bond donors (Lipinski definition) is 1. The summed E-state index contributed by atoms with van der Waals surface area (Å²) in [5, 5.41) is 7.40. The van der Waals surface area contributed by atoms with Crippen LogP contribution >= 0.6 is 0 Å². The van der Waals surface area contributed by atoms with Crippen molar-refractivity contribution in [3.63, 3.8) is 0 Å². The third-order valence-corrected chi connectivity index (χ3v) is 3.09. The van der Waals surface area contributed by atoms with Gasteiger partial charge in [-0.05, 0) is 32.0 Å². The Labute approximate surface area is 114 Å². The molecule has 0 saturated heterocycles. The van der Waals surface area contributed by atoms with Crippen LogP contribution in [0.1, 0.15) is 34.8 Å². The lowest BCUT2D eigenvalue weighted by Crippen LogP contribution is -2.26. The van der Waals surface area contributed by atoms with Crippen molar-refractivity contribution in [1.29, 1.82) is 0 Å². The zero-order valence-corrected chi connectivity index (χ0v) is 11.1. The largest absolute Gasteiger partial charge is 0.467 e. The number of rotatable bonds is 3. The molecule has 0 aromatic carbocycles. The molecule has 0 aliphatic heterocycles. The number of aromatic nitrogens is 2. The molecule has 1 amide bonds. The van der Waals surface area contributed by atoms with Crippen molar-refractivity contribution < 1.29 is 13.7 Å². The molecular formula is C14H13N3O3. The molecule has 3 rings (SSSR count). The van der Waals surface area contributed by atoms with E-state index in [0.717, 1.165) is 5.39 Å². The van der Waals surface area contributed by atoms with Gasteiger partial charge in [-0.3, -0.25) is 4.79 Å². The van der Waals surface area contributed by atoms with Crippen molar-refractivity contribution in [1.82, 2.24) is 15.5 Å². The average Bonchev–Trinajstić information content (AvgIpc) is 3.09. The zero-order valence-electron chi connectivity index (χ0n) is 11.1. The Balaban J connectivity index is 1.83. The molecule has 3 heterocycles. The van der Waals surface area contributed by atoms with Gasteiger partial charge in [0, 0.05) is 6.20 Å². The van der Waals surface area contributed by atoms with Crippen molar-refractivity contribution in [2.45, 2.75) is 19.9 Å². The number of pyridine rings is 1. The molecule has 3 aromatic heterocycles. The Hall–Kier alpha value is -2.63. The van der Waals surface area contributed by atoms with E-state index >= 15 is 0 Å². The first-order chi connectivity index (χ1) is 9.65. The van der Waals surface area contributed by atoms with Gasteiger partial charge in [0.2, 0.25) is 0 Å². The van der Waals surface area contributed by atoms with Gasteiger partial charge in [0.15, 0.2) is 0 Å². The number of fused-ring (bicyclic) bond motifs is 1. The highest BCUT2D eigenvalue weighted by molar-refractivity contribution is 5.97. The van der Waals surface area contributed by atoms with Crippen LogP contribution < -0.4 is 5.32 Å². The highest BCUT2D eigenvalue weighted by Gasteiger charge is 2.15. The highest BCUT2D eigenvalue weighted by Crippen LogP contribution is 2.18. The van der Waals surface area contributed by atoms with Crippen LogP contribution in [0.25, 0.3) is 11.1 Å². The van der Waals surface area contributed by atoms with Gasteiger partial charge in [0.05, 0.1) is 28.9 Å². The van der Waals surface area contributed by atoms with E-state index in [1.165, 1.54) is 6.20 Å². The van der Waals surface area contributed by atoms with E-state index in [9.17, 15) is 4.79 Å². The van der Waals surface area contributed by atoms with Gasteiger partial charge in [-0.2, -0.15) is 0 Å². The van der Waals surface area contributed by atoms with E-state index < -0.39 is 0 Å². The normalized spacial score (nSPS) is 12.5. The third kappa shape index (κ3) is 2.16. The molecule has 0 bridgehead atoms. The fraction of sp³-hybridized carbons (Fsp3) is 0.214. The van der Waals surface area contributed by atoms with Gasteiger partial charge in [-0.15, -0.1) is 0 Å². The number of amides is 1. The van der Waals surface area contributed by atoms with Crippen molar-refractivity contribution in [2.24, 2.45) is 0 Å². The van der Waals surface area contributed by atoms with Gasteiger partial charge in [0.25, 0.3) is 11.6 Å². The minimum atomic E-state index is -0.219. The first-order valence-electron chi connectivity index (χ1n) is 6.21. The number of furan rings is 1. The first kappa shape index (κ1) is 12.4. The number of nitrogens with one attached hydrogen (secondary N) is 1. The van der Waals surface area contributed by atoms with Gasteiger partial charge in [0.1, 0.15) is 5.76 Å². The predicted octanol–water partition coefficient (Wildman–Crippen LogP) is 2.62. The smallest absolute Gasteiger partial charge is 0.257 e. The second-order valence-electron chi connectivity index (χ2n) is 4.56. The highest BCUT2D eigenvalue weighted by atomic mass is 16.5. The number of carbonyl (C=O) groups is 1. The van der Waals surface area contributed by atoms with Crippen LogP contribution in [0.2, 0.25) is 0 Å². The van der Waals surface area contributed by atoms with Gasteiger partial charge >= 0.3 is 0 Å². The summed E-state index contributed by atoms with van der Waals surface area (Å²) in [5.41, 5.74) is 1.60. The molecule has 1 atom stereocenters. The molecule has 3 aromatic rings. The lowest BCUT2D eigenvalue weighted by atomic mass is 10.2. The maximum Gasteiger partial charge on any atom is 0.257 e. The molecular weight excluding hydrogens is 258 g/mol. The first-order valence-corrected chi connectivity index (χ1v) is 6.21. The Morgan fingerprint density at radius 3 is 3.05 bits per heavy atom. The molecule has 1 N–H and O–H groups in total. The van der Waals surface area contributed by atoms with E-state index in [4.69, 9.17) is 8.94 Å². The van der Waals surface area contributed by atoms with Crippen LogP contribution in [0.4, 0.5) is 0 Å². The van der Waals surface area contributed by atoms with Crippen LogP contribution in [-0.4, -0.2) is 16.0 Å². The van der Waals surface area contributed by atoms with Crippen LogP contribution in [0.5, 0.6) is 0 Å². The summed E-state index contributed by atoms with van der Waals surface area (Å²) in [6, 6.07) is 5.11. The molecule has 0 fully saturated rings. The molecule has 0 saturated carbocycles. The Bertz CT molecular complexity index is 746. The quantitative estimate of drug-likeness (QED) is 0.791. The molecule has 20 heavy (non-hydrogen) atoms. The molecule has 6 heteroatoms. The summed E-state index contributed by atoms with van der Waals surface area (Å²) < 4.78 is 10.3. The predicted molar refractivity (Wildman–Crippen MR) is 71.1 cm³/mol. The second-order valence-corrected chi connectivity index (χ2v) is 4.56. The Morgan fingerprint density at radius 2 is 2.30 bits per heavy atom. The van der Waals surface area contributed by atoms with E-state index in [0.29, 0.717) is 22.7 Å². The number of aryl methyl sites for hydroxylation is 1. The SMILES string of the molecule is Cc1noc2ncc(C(=O)N[C@@H](C)c3ccco3)cc12. The van der Waals surface area contributed by atoms with Crippen LogP contribution in [0.15, 0.2) is 39.6 Å².